The molecule has 0 spiro atoms. The number of sulfonamides is 1. The quantitative estimate of drug-likeness (QED) is 0.654. The molecule has 1 aliphatic rings. The van der Waals surface area contributed by atoms with Gasteiger partial charge in [0.05, 0.1) is 10.7 Å². The lowest BCUT2D eigenvalue weighted by molar-refractivity contribution is 0.310. The molecule has 0 radical (unpaired) electrons. The van der Waals surface area contributed by atoms with Gasteiger partial charge in [0, 0.05) is 19.0 Å². The summed E-state index contributed by atoms with van der Waals surface area (Å²) in [6, 6.07) is 3.74. The Morgan fingerprint density at radius 2 is 2.20 bits per heavy atom. The highest BCUT2D eigenvalue weighted by Gasteiger charge is 2.32. The van der Waals surface area contributed by atoms with Crippen LogP contribution in [-0.2, 0) is 10.0 Å². The van der Waals surface area contributed by atoms with Crippen molar-refractivity contribution in [1.82, 2.24) is 4.31 Å². The highest BCUT2D eigenvalue weighted by Crippen LogP contribution is 2.26. The highest BCUT2D eigenvalue weighted by molar-refractivity contribution is 7.89. The standard InChI is InChI=1S/C13H18FN3O2S/c1-9-4-5-11(14)7-12(9)20(18,19)17-6-2-3-10(8-17)13(15)16/h4-5,7,10H,2-3,6,8H2,1H3,(H3,15,16). The number of benzene rings is 1. The van der Waals surface area contributed by atoms with E-state index in [0.717, 1.165) is 6.07 Å². The van der Waals surface area contributed by atoms with E-state index in [-0.39, 0.29) is 23.2 Å². The SMILES string of the molecule is Cc1ccc(F)cc1S(=O)(=O)N1CCCC(C(=N)N)C1. The van der Waals surface area contributed by atoms with E-state index < -0.39 is 15.8 Å². The Kier molecular flexibility index (Phi) is 4.10. The second-order valence-electron chi connectivity index (χ2n) is 5.07. The maximum atomic E-state index is 13.3. The van der Waals surface area contributed by atoms with Crippen LogP contribution in [0.5, 0.6) is 0 Å². The summed E-state index contributed by atoms with van der Waals surface area (Å²) in [5, 5.41) is 7.46. The van der Waals surface area contributed by atoms with Crippen molar-refractivity contribution < 1.29 is 12.8 Å². The van der Waals surface area contributed by atoms with Crippen LogP contribution in [0.15, 0.2) is 23.1 Å². The monoisotopic (exact) mass is 299 g/mol. The molecule has 1 atom stereocenters. The van der Waals surface area contributed by atoms with E-state index in [1.165, 1.54) is 16.4 Å². The van der Waals surface area contributed by atoms with Crippen molar-refractivity contribution in [3.8, 4) is 0 Å². The fraction of sp³-hybridized carbons (Fsp3) is 0.462. The van der Waals surface area contributed by atoms with E-state index in [0.29, 0.717) is 24.9 Å². The molecule has 3 N–H and O–H groups in total. The first-order chi connectivity index (χ1) is 9.32. The summed E-state index contributed by atoms with van der Waals surface area (Å²) in [4.78, 5) is -0.0123. The number of nitrogens with two attached hydrogens (primary N) is 1. The number of hydrogen-bond donors (Lipinski definition) is 2. The Morgan fingerprint density at radius 3 is 2.85 bits per heavy atom. The van der Waals surface area contributed by atoms with E-state index in [4.69, 9.17) is 11.1 Å². The van der Waals surface area contributed by atoms with Gasteiger partial charge in [-0.05, 0) is 37.5 Å². The zero-order chi connectivity index (χ0) is 14.9. The van der Waals surface area contributed by atoms with Gasteiger partial charge in [0.2, 0.25) is 10.0 Å². The first-order valence-electron chi connectivity index (χ1n) is 6.42. The minimum atomic E-state index is -3.74. The highest BCUT2D eigenvalue weighted by atomic mass is 32.2. The van der Waals surface area contributed by atoms with Crippen LogP contribution in [0, 0.1) is 24.1 Å². The van der Waals surface area contributed by atoms with E-state index in [1.807, 2.05) is 0 Å². The van der Waals surface area contributed by atoms with Crippen molar-refractivity contribution in [3.63, 3.8) is 0 Å². The lowest BCUT2D eigenvalue weighted by atomic mass is 9.99. The number of hydrogen-bond acceptors (Lipinski definition) is 3. The van der Waals surface area contributed by atoms with Crippen LogP contribution in [0.1, 0.15) is 18.4 Å². The lowest BCUT2D eigenvalue weighted by Crippen LogP contribution is -2.44. The van der Waals surface area contributed by atoms with E-state index in [2.05, 4.69) is 0 Å². The third-order valence-corrected chi connectivity index (χ3v) is 5.60. The Balaban J connectivity index is 2.35. The maximum absolute atomic E-state index is 13.3. The average Bonchev–Trinajstić information content (AvgIpc) is 2.41. The van der Waals surface area contributed by atoms with Crippen molar-refractivity contribution in [2.75, 3.05) is 13.1 Å². The Labute approximate surface area is 118 Å². The average molecular weight is 299 g/mol. The van der Waals surface area contributed by atoms with Gasteiger partial charge in [-0.15, -0.1) is 0 Å². The smallest absolute Gasteiger partial charge is 0.243 e. The summed E-state index contributed by atoms with van der Waals surface area (Å²) in [6.45, 7) is 2.20. The van der Waals surface area contributed by atoms with Crippen molar-refractivity contribution in [2.24, 2.45) is 11.7 Å². The zero-order valence-corrected chi connectivity index (χ0v) is 12.1. The molecule has 5 nitrogen and oxygen atoms in total. The molecule has 1 saturated heterocycles. The van der Waals surface area contributed by atoms with Gasteiger partial charge in [-0.1, -0.05) is 6.07 Å². The largest absolute Gasteiger partial charge is 0.387 e. The van der Waals surface area contributed by atoms with Crippen molar-refractivity contribution in [1.29, 1.82) is 5.41 Å². The van der Waals surface area contributed by atoms with E-state index in [1.54, 1.807) is 6.92 Å². The summed E-state index contributed by atoms with van der Waals surface area (Å²) >= 11 is 0. The molecule has 1 unspecified atom stereocenters. The number of halogens is 1. The van der Waals surface area contributed by atoms with Crippen LogP contribution < -0.4 is 5.73 Å². The molecule has 0 saturated carbocycles. The maximum Gasteiger partial charge on any atom is 0.243 e. The molecule has 1 aromatic rings. The molecule has 0 aromatic heterocycles. The van der Waals surface area contributed by atoms with Gasteiger partial charge in [-0.25, -0.2) is 12.8 Å². The molecule has 110 valence electrons. The summed E-state index contributed by atoms with van der Waals surface area (Å²) in [5.74, 6) is -0.831. The summed E-state index contributed by atoms with van der Waals surface area (Å²) in [6.07, 6.45) is 1.36. The summed E-state index contributed by atoms with van der Waals surface area (Å²) in [5.41, 5.74) is 5.98. The first-order valence-corrected chi connectivity index (χ1v) is 7.86. The molecule has 0 aliphatic carbocycles. The summed E-state index contributed by atoms with van der Waals surface area (Å²) in [7, 11) is -3.74. The van der Waals surface area contributed by atoms with Gasteiger partial charge in [0.25, 0.3) is 0 Å². The van der Waals surface area contributed by atoms with Gasteiger partial charge < -0.3 is 5.73 Å². The number of aryl methyl sites for hydroxylation is 1. The van der Waals surface area contributed by atoms with Crippen molar-refractivity contribution in [2.45, 2.75) is 24.7 Å². The second-order valence-corrected chi connectivity index (χ2v) is 6.97. The van der Waals surface area contributed by atoms with Gasteiger partial charge in [0.15, 0.2) is 0 Å². The Hall–Kier alpha value is -1.47. The van der Waals surface area contributed by atoms with Crippen LogP contribution in [0.2, 0.25) is 0 Å². The molecule has 20 heavy (non-hydrogen) atoms. The van der Waals surface area contributed by atoms with Gasteiger partial charge in [-0.3, -0.25) is 5.41 Å². The van der Waals surface area contributed by atoms with Gasteiger partial charge in [-0.2, -0.15) is 4.31 Å². The van der Waals surface area contributed by atoms with E-state index >= 15 is 0 Å². The molecular weight excluding hydrogens is 281 g/mol. The fourth-order valence-corrected chi connectivity index (χ4v) is 4.17. The lowest BCUT2D eigenvalue weighted by Gasteiger charge is -2.31. The number of nitrogens with one attached hydrogen (secondary N) is 1. The van der Waals surface area contributed by atoms with Crippen LogP contribution in [0.3, 0.4) is 0 Å². The number of piperidine rings is 1. The minimum absolute atomic E-state index is 0.000800. The fourth-order valence-electron chi connectivity index (χ4n) is 2.41. The van der Waals surface area contributed by atoms with Crippen LogP contribution >= 0.6 is 0 Å². The third kappa shape index (κ3) is 2.83. The predicted molar refractivity (Wildman–Crippen MR) is 74.5 cm³/mol. The van der Waals surface area contributed by atoms with Crippen molar-refractivity contribution >= 4 is 15.9 Å². The Morgan fingerprint density at radius 1 is 1.50 bits per heavy atom. The normalized spacial score (nSPS) is 20.8. The van der Waals surface area contributed by atoms with Crippen molar-refractivity contribution in [3.05, 3.63) is 29.6 Å². The minimum Gasteiger partial charge on any atom is -0.387 e. The van der Waals surface area contributed by atoms with Gasteiger partial charge >= 0.3 is 0 Å². The van der Waals surface area contributed by atoms with Crippen LogP contribution in [0.4, 0.5) is 4.39 Å². The van der Waals surface area contributed by atoms with Crippen LogP contribution in [-0.4, -0.2) is 31.6 Å². The number of nitrogens with zero attached hydrogens (tertiary/aromatic N) is 1. The second kappa shape index (κ2) is 5.49. The molecule has 2 rings (SSSR count). The predicted octanol–water partition coefficient (Wildman–Crippen LogP) is 1.47. The molecule has 0 bridgehead atoms. The topological polar surface area (TPSA) is 87.2 Å². The molecule has 1 aromatic carbocycles. The Bertz CT molecular complexity index is 631. The van der Waals surface area contributed by atoms with Gasteiger partial charge in [0.1, 0.15) is 5.82 Å². The van der Waals surface area contributed by atoms with Crippen LogP contribution in [0.25, 0.3) is 0 Å². The number of rotatable bonds is 3. The molecule has 1 aliphatic heterocycles. The molecule has 0 amide bonds. The molecule has 1 fully saturated rings. The van der Waals surface area contributed by atoms with E-state index in [9.17, 15) is 12.8 Å². The molecule has 7 heteroatoms. The molecule has 1 heterocycles. The molecular formula is C13H18FN3O2S. The zero-order valence-electron chi connectivity index (χ0n) is 11.3. The number of amidine groups is 1. The first kappa shape index (κ1) is 14.9. The third-order valence-electron chi connectivity index (χ3n) is 3.59. The summed E-state index contributed by atoms with van der Waals surface area (Å²) < 4.78 is 39.8.